The Labute approximate surface area is 158 Å². The van der Waals surface area contributed by atoms with Crippen molar-refractivity contribution in [3.63, 3.8) is 0 Å². The van der Waals surface area contributed by atoms with Gasteiger partial charge in [0.2, 0.25) is 0 Å². The van der Waals surface area contributed by atoms with Crippen molar-refractivity contribution in [2.24, 2.45) is 0 Å². The van der Waals surface area contributed by atoms with E-state index in [-0.39, 0.29) is 5.04 Å². The lowest BCUT2D eigenvalue weighted by atomic mass is 10.0. The molecule has 0 heterocycles. The molecule has 0 saturated heterocycles. The van der Waals surface area contributed by atoms with Crippen LogP contribution in [0, 0.1) is 0 Å². The topological polar surface area (TPSA) is 20.2 Å². The van der Waals surface area contributed by atoms with Gasteiger partial charge in [0.15, 0.2) is 0 Å². The molecule has 0 unspecified atom stereocenters. The summed E-state index contributed by atoms with van der Waals surface area (Å²) < 4.78 is 0. The van der Waals surface area contributed by atoms with E-state index in [0.29, 0.717) is 5.88 Å². The quantitative estimate of drug-likeness (QED) is 0.398. The first-order valence-electron chi connectivity index (χ1n) is 8.97. The first kappa shape index (κ1) is 20.0. The first-order chi connectivity index (χ1) is 11.9. The van der Waals surface area contributed by atoms with E-state index >= 15 is 0 Å². The van der Waals surface area contributed by atoms with Crippen LogP contribution in [0.1, 0.15) is 40.0 Å². The van der Waals surface area contributed by atoms with Crippen LogP contribution in [0.15, 0.2) is 72.3 Å². The molecule has 0 bridgehead atoms. The Kier molecular flexibility index (Phi) is 7.06. The van der Waals surface area contributed by atoms with Gasteiger partial charge in [-0.25, -0.2) is 0 Å². The van der Waals surface area contributed by atoms with Crippen LogP contribution in [0.4, 0.5) is 0 Å². The molecule has 0 amide bonds. The van der Waals surface area contributed by atoms with E-state index in [4.69, 9.17) is 11.6 Å². The molecule has 0 atom stereocenters. The maximum Gasteiger partial charge on any atom is 0.258 e. The molecule has 0 fully saturated rings. The van der Waals surface area contributed by atoms with E-state index in [1.54, 1.807) is 0 Å². The number of allylic oxidation sites excluding steroid dienone is 2. The standard InChI is InChI=1S/C22H29ClOSi/c1-19(16-18-23)11-10-17-22(2,3)25(24,20-12-6-4-7-13-20)21-14-8-5-9-15-21/h4-9,12-16,24H,10-11,17-18H2,1-3H3. The SMILES string of the molecule is CC(=CCCl)CCCC(C)(C)[Si](O)(c1ccccc1)c1ccccc1. The minimum absolute atomic E-state index is 0.170. The molecular formula is C22H29ClOSi. The van der Waals surface area contributed by atoms with Crippen LogP contribution in [0.3, 0.4) is 0 Å². The summed E-state index contributed by atoms with van der Waals surface area (Å²) in [6.45, 7) is 6.58. The third-order valence-corrected chi connectivity index (χ3v) is 9.86. The van der Waals surface area contributed by atoms with E-state index in [2.05, 4.69) is 51.1 Å². The van der Waals surface area contributed by atoms with Gasteiger partial charge in [-0.3, -0.25) is 0 Å². The molecule has 2 aromatic rings. The second kappa shape index (κ2) is 8.84. The second-order valence-corrected chi connectivity index (χ2v) is 11.6. The highest BCUT2D eigenvalue weighted by molar-refractivity contribution is 6.98. The fraction of sp³-hybridized carbons (Fsp3) is 0.364. The van der Waals surface area contributed by atoms with Crippen molar-refractivity contribution < 1.29 is 4.80 Å². The lowest BCUT2D eigenvalue weighted by Crippen LogP contribution is -2.65. The maximum atomic E-state index is 12.1. The van der Waals surface area contributed by atoms with Gasteiger partial charge in [-0.05, 0) is 41.6 Å². The van der Waals surface area contributed by atoms with E-state index < -0.39 is 8.32 Å². The van der Waals surface area contributed by atoms with Crippen LogP contribution < -0.4 is 10.4 Å². The zero-order valence-corrected chi connectivity index (χ0v) is 17.3. The van der Waals surface area contributed by atoms with Gasteiger partial charge in [0, 0.05) is 5.88 Å². The number of halogens is 1. The number of benzene rings is 2. The summed E-state index contributed by atoms with van der Waals surface area (Å²) in [6.07, 6.45) is 5.14. The van der Waals surface area contributed by atoms with Gasteiger partial charge >= 0.3 is 0 Å². The molecule has 0 aliphatic rings. The van der Waals surface area contributed by atoms with Gasteiger partial charge in [0.25, 0.3) is 8.32 Å². The molecule has 1 N–H and O–H groups in total. The number of rotatable bonds is 8. The van der Waals surface area contributed by atoms with Crippen molar-refractivity contribution in [1.29, 1.82) is 0 Å². The number of hydrogen-bond acceptors (Lipinski definition) is 1. The molecule has 134 valence electrons. The molecule has 0 spiro atoms. The van der Waals surface area contributed by atoms with Gasteiger partial charge in [-0.2, -0.15) is 0 Å². The first-order valence-corrected chi connectivity index (χ1v) is 11.4. The molecule has 2 aromatic carbocycles. The monoisotopic (exact) mass is 372 g/mol. The smallest absolute Gasteiger partial charge is 0.258 e. The van der Waals surface area contributed by atoms with Crippen molar-refractivity contribution in [3.05, 3.63) is 72.3 Å². The van der Waals surface area contributed by atoms with Crippen LogP contribution in [-0.2, 0) is 0 Å². The van der Waals surface area contributed by atoms with Gasteiger partial charge < -0.3 is 4.80 Å². The van der Waals surface area contributed by atoms with Gasteiger partial charge in [-0.1, -0.05) is 86.2 Å². The highest BCUT2D eigenvalue weighted by atomic mass is 35.5. The Morgan fingerprint density at radius 1 is 1.00 bits per heavy atom. The minimum Gasteiger partial charge on any atom is -0.424 e. The van der Waals surface area contributed by atoms with Crippen LogP contribution in [-0.4, -0.2) is 19.0 Å². The summed E-state index contributed by atoms with van der Waals surface area (Å²) in [5.74, 6) is 0.571. The summed E-state index contributed by atoms with van der Waals surface area (Å²) >= 11 is 5.79. The lowest BCUT2D eigenvalue weighted by Gasteiger charge is -2.41. The maximum absolute atomic E-state index is 12.1. The summed E-state index contributed by atoms with van der Waals surface area (Å²) in [7, 11) is -2.87. The molecule has 0 saturated carbocycles. The molecule has 1 nitrogen and oxygen atoms in total. The lowest BCUT2D eigenvalue weighted by molar-refractivity contribution is 0.457. The van der Waals surface area contributed by atoms with E-state index in [0.717, 1.165) is 29.6 Å². The zero-order valence-electron chi connectivity index (χ0n) is 15.5. The van der Waals surface area contributed by atoms with Crippen molar-refractivity contribution in [2.75, 3.05) is 5.88 Å². The molecule has 3 heteroatoms. The van der Waals surface area contributed by atoms with E-state index in [1.807, 2.05) is 36.4 Å². The third kappa shape index (κ3) is 4.63. The molecule has 0 aromatic heterocycles. The average molecular weight is 373 g/mol. The number of hydrogen-bond donors (Lipinski definition) is 1. The van der Waals surface area contributed by atoms with E-state index in [9.17, 15) is 4.80 Å². The Balaban J connectivity index is 2.33. The van der Waals surface area contributed by atoms with Gasteiger partial charge in [-0.15, -0.1) is 11.6 Å². The molecular weight excluding hydrogens is 344 g/mol. The van der Waals surface area contributed by atoms with Crippen LogP contribution in [0.25, 0.3) is 0 Å². The fourth-order valence-electron chi connectivity index (χ4n) is 3.53. The summed E-state index contributed by atoms with van der Waals surface area (Å²) in [4.78, 5) is 12.1. The summed E-state index contributed by atoms with van der Waals surface area (Å²) in [5.41, 5.74) is 1.33. The van der Waals surface area contributed by atoms with Crippen molar-refractivity contribution >= 4 is 30.3 Å². The minimum atomic E-state index is -2.87. The second-order valence-electron chi connectivity index (χ2n) is 7.38. The Bertz CT molecular complexity index is 640. The Morgan fingerprint density at radius 3 is 1.92 bits per heavy atom. The molecule has 0 aliphatic carbocycles. The fourth-order valence-corrected chi connectivity index (χ4v) is 7.58. The van der Waals surface area contributed by atoms with Crippen molar-refractivity contribution in [2.45, 2.75) is 45.1 Å². The largest absolute Gasteiger partial charge is 0.424 e. The van der Waals surface area contributed by atoms with Gasteiger partial charge in [0.05, 0.1) is 0 Å². The van der Waals surface area contributed by atoms with Crippen LogP contribution >= 0.6 is 11.6 Å². The molecule has 0 radical (unpaired) electrons. The average Bonchev–Trinajstić information content (AvgIpc) is 2.62. The van der Waals surface area contributed by atoms with E-state index in [1.165, 1.54) is 5.57 Å². The summed E-state index contributed by atoms with van der Waals surface area (Å²) in [5, 5.41) is 2.00. The van der Waals surface area contributed by atoms with Crippen LogP contribution in [0.5, 0.6) is 0 Å². The molecule has 25 heavy (non-hydrogen) atoms. The van der Waals surface area contributed by atoms with Crippen LogP contribution in [0.2, 0.25) is 5.04 Å². The third-order valence-electron chi connectivity index (χ3n) is 5.16. The Hall–Kier alpha value is -1.35. The Morgan fingerprint density at radius 2 is 1.48 bits per heavy atom. The predicted molar refractivity (Wildman–Crippen MR) is 112 cm³/mol. The highest BCUT2D eigenvalue weighted by Gasteiger charge is 2.49. The van der Waals surface area contributed by atoms with Crippen molar-refractivity contribution in [1.82, 2.24) is 0 Å². The normalized spacial score (nSPS) is 13.1. The van der Waals surface area contributed by atoms with Crippen molar-refractivity contribution in [3.8, 4) is 0 Å². The number of alkyl halides is 1. The molecule has 0 aliphatic heterocycles. The summed E-state index contributed by atoms with van der Waals surface area (Å²) in [6, 6.07) is 20.5. The highest BCUT2D eigenvalue weighted by Crippen LogP contribution is 2.40. The predicted octanol–water partition coefficient (Wildman–Crippen LogP) is 4.87. The van der Waals surface area contributed by atoms with Gasteiger partial charge in [0.1, 0.15) is 0 Å². The molecule has 2 rings (SSSR count). The zero-order chi connectivity index (χ0) is 18.3.